The second kappa shape index (κ2) is 7.23. The third-order valence-electron chi connectivity index (χ3n) is 2.00. The van der Waals surface area contributed by atoms with Gasteiger partial charge in [0, 0.05) is 19.7 Å². The first-order valence-corrected chi connectivity index (χ1v) is 4.88. The lowest BCUT2D eigenvalue weighted by atomic mass is 10.3. The van der Waals surface area contributed by atoms with Crippen molar-refractivity contribution in [1.29, 1.82) is 0 Å². The molecule has 0 fully saturated rings. The van der Waals surface area contributed by atoms with Gasteiger partial charge in [0.2, 0.25) is 5.91 Å². The van der Waals surface area contributed by atoms with Gasteiger partial charge in [0.25, 0.3) is 0 Å². The van der Waals surface area contributed by atoms with Gasteiger partial charge in [-0.15, -0.1) is 0 Å². The number of ether oxygens (including phenoxy) is 2. The van der Waals surface area contributed by atoms with Crippen molar-refractivity contribution in [2.24, 2.45) is 0 Å². The van der Waals surface area contributed by atoms with Crippen LogP contribution >= 0.6 is 0 Å². The van der Waals surface area contributed by atoms with Crippen molar-refractivity contribution in [3.05, 3.63) is 0 Å². The number of amides is 1. The summed E-state index contributed by atoms with van der Waals surface area (Å²) in [4.78, 5) is 24.1. The van der Waals surface area contributed by atoms with Crippen LogP contribution < -0.4 is 0 Å². The van der Waals surface area contributed by atoms with Crippen LogP contribution in [0.3, 0.4) is 0 Å². The average Bonchev–Trinajstić information content (AvgIpc) is 2.17. The largest absolute Gasteiger partial charge is 0.469 e. The van der Waals surface area contributed by atoms with E-state index in [1.165, 1.54) is 14.2 Å². The summed E-state index contributed by atoms with van der Waals surface area (Å²) in [5.74, 6) is -0.428. The van der Waals surface area contributed by atoms with E-state index in [1.807, 2.05) is 13.8 Å². The molecule has 0 heterocycles. The molecule has 0 saturated carbocycles. The number of carbonyl (C=O) groups is 2. The number of hydrogen-bond donors (Lipinski definition) is 0. The topological polar surface area (TPSA) is 55.8 Å². The minimum absolute atomic E-state index is 0.0410. The van der Waals surface area contributed by atoms with E-state index in [4.69, 9.17) is 4.74 Å². The molecular weight excluding hydrogens is 198 g/mol. The number of hydrogen-bond acceptors (Lipinski definition) is 4. The van der Waals surface area contributed by atoms with Gasteiger partial charge in [0.1, 0.15) is 6.61 Å². The summed E-state index contributed by atoms with van der Waals surface area (Å²) in [6.07, 6.45) is 0.212. The van der Waals surface area contributed by atoms with E-state index < -0.39 is 0 Å². The zero-order chi connectivity index (χ0) is 11.8. The van der Waals surface area contributed by atoms with E-state index in [0.717, 1.165) is 0 Å². The van der Waals surface area contributed by atoms with Crippen molar-refractivity contribution in [3.8, 4) is 0 Å². The number of rotatable bonds is 6. The highest BCUT2D eigenvalue weighted by atomic mass is 16.5. The molecule has 0 atom stereocenters. The molecule has 1 amide bonds. The molecule has 5 nitrogen and oxygen atoms in total. The van der Waals surface area contributed by atoms with E-state index in [2.05, 4.69) is 4.74 Å². The highest BCUT2D eigenvalue weighted by Crippen LogP contribution is 2.01. The molecule has 0 aromatic carbocycles. The van der Waals surface area contributed by atoms with Crippen LogP contribution in [0.2, 0.25) is 0 Å². The highest BCUT2D eigenvalue weighted by Gasteiger charge is 2.17. The lowest BCUT2D eigenvalue weighted by Gasteiger charge is -2.25. The lowest BCUT2D eigenvalue weighted by molar-refractivity contribution is -0.143. The van der Waals surface area contributed by atoms with Gasteiger partial charge < -0.3 is 14.4 Å². The Morgan fingerprint density at radius 1 is 1.27 bits per heavy atom. The normalized spacial score (nSPS) is 10.2. The first-order valence-electron chi connectivity index (χ1n) is 4.88. The molecule has 0 aliphatic heterocycles. The van der Waals surface area contributed by atoms with Crippen molar-refractivity contribution in [3.63, 3.8) is 0 Å². The van der Waals surface area contributed by atoms with Crippen LogP contribution in [0.4, 0.5) is 0 Å². The fraction of sp³-hybridized carbons (Fsp3) is 0.800. The van der Waals surface area contributed by atoms with E-state index >= 15 is 0 Å². The minimum atomic E-state index is -0.314. The second-order valence-electron chi connectivity index (χ2n) is 3.44. The first-order chi connectivity index (χ1) is 7.02. The maximum absolute atomic E-state index is 11.5. The van der Waals surface area contributed by atoms with Gasteiger partial charge in [0.15, 0.2) is 0 Å². The van der Waals surface area contributed by atoms with Crippen molar-refractivity contribution < 1.29 is 19.1 Å². The molecule has 0 radical (unpaired) electrons. The summed E-state index contributed by atoms with van der Waals surface area (Å²) >= 11 is 0. The number of carbonyl (C=O) groups excluding carboxylic acids is 2. The van der Waals surface area contributed by atoms with Crippen molar-refractivity contribution in [2.45, 2.75) is 26.3 Å². The zero-order valence-corrected chi connectivity index (χ0v) is 9.78. The van der Waals surface area contributed by atoms with Gasteiger partial charge in [0.05, 0.1) is 13.5 Å². The lowest BCUT2D eigenvalue weighted by Crippen LogP contribution is -2.40. The Labute approximate surface area is 90.3 Å². The fourth-order valence-electron chi connectivity index (χ4n) is 1.19. The van der Waals surface area contributed by atoms with Crippen molar-refractivity contribution in [2.75, 3.05) is 27.4 Å². The van der Waals surface area contributed by atoms with Gasteiger partial charge in [-0.1, -0.05) is 0 Å². The molecule has 0 aromatic rings. The molecule has 15 heavy (non-hydrogen) atoms. The maximum Gasteiger partial charge on any atom is 0.307 e. The van der Waals surface area contributed by atoms with Crippen molar-refractivity contribution >= 4 is 11.9 Å². The summed E-state index contributed by atoms with van der Waals surface area (Å²) in [5.41, 5.74) is 0. The monoisotopic (exact) mass is 217 g/mol. The second-order valence-corrected chi connectivity index (χ2v) is 3.44. The highest BCUT2D eigenvalue weighted by molar-refractivity contribution is 5.78. The van der Waals surface area contributed by atoms with Crippen LogP contribution in [-0.2, 0) is 19.1 Å². The molecule has 0 aromatic heterocycles. The summed E-state index contributed by atoms with van der Waals surface area (Å²) in [6, 6.07) is 0.0531. The van der Waals surface area contributed by atoms with Crippen LogP contribution in [0.25, 0.3) is 0 Å². The molecule has 0 bridgehead atoms. The summed E-state index contributed by atoms with van der Waals surface area (Å²) in [6.45, 7) is 4.20. The molecular formula is C10H19NO4. The Bertz CT molecular complexity index is 215. The third-order valence-corrected chi connectivity index (χ3v) is 2.00. The molecule has 0 spiro atoms. The Morgan fingerprint density at radius 3 is 2.27 bits per heavy atom. The smallest absolute Gasteiger partial charge is 0.307 e. The van der Waals surface area contributed by atoms with E-state index in [9.17, 15) is 9.59 Å². The molecule has 5 heteroatoms. The summed E-state index contributed by atoms with van der Waals surface area (Å²) in [5, 5.41) is 0. The van der Waals surface area contributed by atoms with E-state index in [0.29, 0.717) is 6.54 Å². The van der Waals surface area contributed by atoms with Crippen LogP contribution in [0.15, 0.2) is 0 Å². The Balaban J connectivity index is 4.16. The molecule has 0 N–H and O–H groups in total. The van der Waals surface area contributed by atoms with Gasteiger partial charge in [-0.05, 0) is 13.8 Å². The van der Waals surface area contributed by atoms with E-state index in [-0.39, 0.29) is 30.9 Å². The molecule has 88 valence electrons. The number of methoxy groups -OCH3 is 2. The average molecular weight is 217 g/mol. The molecule has 0 aliphatic rings. The van der Waals surface area contributed by atoms with Crippen LogP contribution in [0, 0.1) is 0 Å². The van der Waals surface area contributed by atoms with Gasteiger partial charge in [-0.2, -0.15) is 0 Å². The summed E-state index contributed by atoms with van der Waals surface area (Å²) < 4.78 is 9.27. The molecule has 0 unspecified atom stereocenters. The quantitative estimate of drug-likeness (QED) is 0.605. The fourth-order valence-corrected chi connectivity index (χ4v) is 1.19. The first kappa shape index (κ1) is 13.9. The minimum Gasteiger partial charge on any atom is -0.469 e. The van der Waals surface area contributed by atoms with Crippen LogP contribution in [0.1, 0.15) is 20.3 Å². The SMILES string of the molecule is COCC(=O)N(CCC(=O)OC)C(C)C. The predicted molar refractivity (Wildman–Crippen MR) is 55.4 cm³/mol. The molecule has 0 saturated heterocycles. The molecule has 0 rings (SSSR count). The Morgan fingerprint density at radius 2 is 1.87 bits per heavy atom. The van der Waals surface area contributed by atoms with Crippen LogP contribution in [0.5, 0.6) is 0 Å². The Kier molecular flexibility index (Phi) is 6.70. The van der Waals surface area contributed by atoms with Gasteiger partial charge >= 0.3 is 5.97 Å². The Hall–Kier alpha value is -1.10. The summed E-state index contributed by atoms with van der Waals surface area (Å²) in [7, 11) is 2.80. The predicted octanol–water partition coefficient (Wildman–Crippen LogP) is 0.433. The van der Waals surface area contributed by atoms with Gasteiger partial charge in [-0.3, -0.25) is 9.59 Å². The third kappa shape index (κ3) is 5.37. The van der Waals surface area contributed by atoms with Crippen molar-refractivity contribution in [1.82, 2.24) is 4.90 Å². The molecule has 0 aliphatic carbocycles. The van der Waals surface area contributed by atoms with E-state index in [1.54, 1.807) is 4.90 Å². The standard InChI is InChI=1S/C10H19NO4/c1-8(2)11(9(12)7-14-3)6-5-10(13)15-4/h8H,5-7H2,1-4H3. The number of esters is 1. The van der Waals surface area contributed by atoms with Gasteiger partial charge in [-0.25, -0.2) is 0 Å². The van der Waals surface area contributed by atoms with Crippen LogP contribution in [-0.4, -0.2) is 50.2 Å². The number of nitrogens with zero attached hydrogens (tertiary/aromatic N) is 1. The maximum atomic E-state index is 11.5. The zero-order valence-electron chi connectivity index (χ0n) is 9.78.